The van der Waals surface area contributed by atoms with Crippen molar-refractivity contribution in [3.63, 3.8) is 0 Å². The lowest BCUT2D eigenvalue weighted by Gasteiger charge is -2.07. The average molecular weight is 335 g/mol. The van der Waals surface area contributed by atoms with Gasteiger partial charge in [0.25, 0.3) is 0 Å². The molecule has 0 aliphatic heterocycles. The zero-order valence-corrected chi connectivity index (χ0v) is 14.4. The quantitative estimate of drug-likeness (QED) is 0.755. The number of aryl methyl sites for hydroxylation is 1. The van der Waals surface area contributed by atoms with Crippen molar-refractivity contribution in [1.29, 1.82) is 0 Å². The topological polar surface area (TPSA) is 67.2 Å². The zero-order chi connectivity index (χ0) is 17.6. The Labute approximate surface area is 146 Å². The van der Waals surface area contributed by atoms with Gasteiger partial charge in [-0.05, 0) is 43.9 Å². The number of benzene rings is 1. The molecular formula is C20H21N3O2. The number of fused-ring (bicyclic) bond motifs is 1. The number of carbonyl (C=O) groups is 1. The molecule has 1 fully saturated rings. The predicted molar refractivity (Wildman–Crippen MR) is 98.6 cm³/mol. The van der Waals surface area contributed by atoms with Gasteiger partial charge in [-0.25, -0.2) is 0 Å². The van der Waals surface area contributed by atoms with E-state index in [-0.39, 0.29) is 5.91 Å². The summed E-state index contributed by atoms with van der Waals surface area (Å²) in [4.78, 5) is 15.9. The number of anilines is 1. The minimum absolute atomic E-state index is 0.0983. The van der Waals surface area contributed by atoms with Crippen molar-refractivity contribution in [2.45, 2.75) is 33.2 Å². The van der Waals surface area contributed by atoms with Gasteiger partial charge in [-0.3, -0.25) is 9.78 Å². The van der Waals surface area contributed by atoms with Gasteiger partial charge in [-0.1, -0.05) is 12.1 Å². The number of aromatic nitrogens is 2. The normalized spacial score (nSPS) is 14.0. The van der Waals surface area contributed by atoms with Gasteiger partial charge < -0.3 is 15.0 Å². The molecule has 25 heavy (non-hydrogen) atoms. The lowest BCUT2D eigenvalue weighted by molar-refractivity contribution is -0.114. The first-order chi connectivity index (χ1) is 12.0. The number of nitrogens with one attached hydrogen (secondary N) is 1. The second kappa shape index (κ2) is 5.92. The van der Waals surface area contributed by atoms with Crippen LogP contribution >= 0.6 is 0 Å². The van der Waals surface area contributed by atoms with Crippen LogP contribution in [0.1, 0.15) is 25.5 Å². The highest BCUT2D eigenvalue weighted by Crippen LogP contribution is 2.37. The van der Waals surface area contributed by atoms with E-state index in [1.54, 1.807) is 0 Å². The smallest absolute Gasteiger partial charge is 0.221 e. The van der Waals surface area contributed by atoms with E-state index in [1.807, 2.05) is 48.0 Å². The van der Waals surface area contributed by atoms with Crippen LogP contribution in [-0.4, -0.2) is 20.6 Å². The van der Waals surface area contributed by atoms with E-state index in [9.17, 15) is 9.90 Å². The molecule has 1 aliphatic rings. The number of carbonyl (C=O) groups excluding carboxylic acids is 1. The van der Waals surface area contributed by atoms with Crippen LogP contribution in [0.4, 0.5) is 5.69 Å². The number of rotatable bonds is 4. The summed E-state index contributed by atoms with van der Waals surface area (Å²) in [7, 11) is 0. The number of hydrogen-bond acceptors (Lipinski definition) is 3. The van der Waals surface area contributed by atoms with Crippen molar-refractivity contribution in [2.75, 3.05) is 5.32 Å². The highest BCUT2D eigenvalue weighted by molar-refractivity contribution is 5.93. The Bertz CT molecular complexity index is 970. The molecule has 1 aliphatic carbocycles. The Morgan fingerprint density at radius 1 is 1.36 bits per heavy atom. The van der Waals surface area contributed by atoms with Crippen LogP contribution in [0.15, 0.2) is 36.5 Å². The fraction of sp³-hybridized carbons (Fsp3) is 0.300. The van der Waals surface area contributed by atoms with Gasteiger partial charge in [0.2, 0.25) is 11.8 Å². The van der Waals surface area contributed by atoms with Gasteiger partial charge in [-0.15, -0.1) is 0 Å². The Kier molecular flexibility index (Phi) is 3.71. The molecule has 5 heteroatoms. The highest BCUT2D eigenvalue weighted by atomic mass is 16.3. The van der Waals surface area contributed by atoms with Crippen LogP contribution in [-0.2, 0) is 11.3 Å². The van der Waals surface area contributed by atoms with Crippen molar-refractivity contribution in [1.82, 2.24) is 9.55 Å². The van der Waals surface area contributed by atoms with E-state index in [0.29, 0.717) is 11.8 Å². The number of amides is 1. The second-order valence-electron chi connectivity index (χ2n) is 6.87. The largest absolute Gasteiger partial charge is 0.494 e. The Hall–Kier alpha value is -2.82. The molecule has 1 amide bonds. The predicted octanol–water partition coefficient (Wildman–Crippen LogP) is 4.09. The summed E-state index contributed by atoms with van der Waals surface area (Å²) in [6.45, 7) is 4.28. The SMILES string of the molecule is CC(=O)Nc1cccc(-c2cc3cn(CC4CC4)c(O)c3c(C)n2)c1. The van der Waals surface area contributed by atoms with E-state index in [0.717, 1.165) is 40.0 Å². The molecule has 5 nitrogen and oxygen atoms in total. The van der Waals surface area contributed by atoms with Crippen LogP contribution in [0.5, 0.6) is 5.88 Å². The summed E-state index contributed by atoms with van der Waals surface area (Å²) >= 11 is 0. The molecule has 2 N–H and O–H groups in total. The van der Waals surface area contributed by atoms with Crippen molar-refractivity contribution in [3.05, 3.63) is 42.2 Å². The first-order valence-electron chi connectivity index (χ1n) is 8.59. The van der Waals surface area contributed by atoms with Gasteiger partial charge in [-0.2, -0.15) is 0 Å². The lowest BCUT2D eigenvalue weighted by atomic mass is 10.1. The Morgan fingerprint density at radius 3 is 2.88 bits per heavy atom. The highest BCUT2D eigenvalue weighted by Gasteiger charge is 2.24. The number of pyridine rings is 1. The fourth-order valence-electron chi connectivity index (χ4n) is 3.29. The number of aromatic hydroxyl groups is 1. The minimum atomic E-state index is -0.0983. The molecule has 128 valence electrons. The van der Waals surface area contributed by atoms with E-state index >= 15 is 0 Å². The number of hydrogen-bond donors (Lipinski definition) is 2. The van der Waals surface area contributed by atoms with E-state index in [1.165, 1.54) is 19.8 Å². The van der Waals surface area contributed by atoms with E-state index in [4.69, 9.17) is 0 Å². The van der Waals surface area contributed by atoms with E-state index in [2.05, 4.69) is 10.3 Å². The summed E-state index contributed by atoms with van der Waals surface area (Å²) in [5.41, 5.74) is 3.33. The maximum absolute atomic E-state index is 11.3. The van der Waals surface area contributed by atoms with Crippen molar-refractivity contribution >= 4 is 22.4 Å². The standard InChI is InChI=1S/C20H21N3O2/c1-12-19-16(11-23(20(19)25)10-14-6-7-14)9-18(21-12)15-4-3-5-17(8-15)22-13(2)24/h3-5,8-9,11,14,25H,6-7,10H2,1-2H3,(H,22,24). The third-order valence-corrected chi connectivity index (χ3v) is 4.65. The van der Waals surface area contributed by atoms with Crippen LogP contribution in [0.2, 0.25) is 0 Å². The molecule has 2 heterocycles. The molecule has 0 atom stereocenters. The lowest BCUT2D eigenvalue weighted by Crippen LogP contribution is -2.05. The summed E-state index contributed by atoms with van der Waals surface area (Å²) in [5, 5.41) is 15.1. The molecule has 4 rings (SSSR count). The van der Waals surface area contributed by atoms with Crippen LogP contribution in [0.3, 0.4) is 0 Å². The molecule has 0 bridgehead atoms. The Morgan fingerprint density at radius 2 is 2.16 bits per heavy atom. The van der Waals surface area contributed by atoms with Crippen molar-refractivity contribution in [3.8, 4) is 17.1 Å². The summed E-state index contributed by atoms with van der Waals surface area (Å²) in [5.74, 6) is 0.902. The van der Waals surface area contributed by atoms with Crippen LogP contribution in [0, 0.1) is 12.8 Å². The number of nitrogens with zero attached hydrogens (tertiary/aromatic N) is 2. The third kappa shape index (κ3) is 3.09. The van der Waals surface area contributed by atoms with Gasteiger partial charge in [0.05, 0.1) is 16.8 Å². The molecule has 3 aromatic rings. The van der Waals surface area contributed by atoms with E-state index < -0.39 is 0 Å². The summed E-state index contributed by atoms with van der Waals surface area (Å²) in [6.07, 6.45) is 4.50. The molecule has 2 aromatic heterocycles. The molecule has 0 spiro atoms. The Balaban J connectivity index is 1.76. The monoisotopic (exact) mass is 335 g/mol. The summed E-state index contributed by atoms with van der Waals surface area (Å²) < 4.78 is 1.94. The van der Waals surface area contributed by atoms with Gasteiger partial charge in [0, 0.05) is 36.3 Å². The molecule has 1 aromatic carbocycles. The first kappa shape index (κ1) is 15.7. The van der Waals surface area contributed by atoms with Crippen LogP contribution in [0.25, 0.3) is 22.0 Å². The first-order valence-corrected chi connectivity index (χ1v) is 8.59. The molecule has 1 saturated carbocycles. The third-order valence-electron chi connectivity index (χ3n) is 4.65. The maximum Gasteiger partial charge on any atom is 0.221 e. The fourth-order valence-corrected chi connectivity index (χ4v) is 3.29. The minimum Gasteiger partial charge on any atom is -0.494 e. The second-order valence-corrected chi connectivity index (χ2v) is 6.87. The van der Waals surface area contributed by atoms with Gasteiger partial charge in [0.1, 0.15) is 0 Å². The maximum atomic E-state index is 11.3. The van der Waals surface area contributed by atoms with Crippen molar-refractivity contribution < 1.29 is 9.90 Å². The molecule has 0 unspecified atom stereocenters. The molecule has 0 radical (unpaired) electrons. The van der Waals surface area contributed by atoms with Gasteiger partial charge >= 0.3 is 0 Å². The van der Waals surface area contributed by atoms with Crippen LogP contribution < -0.4 is 5.32 Å². The van der Waals surface area contributed by atoms with Crippen molar-refractivity contribution in [2.24, 2.45) is 5.92 Å². The van der Waals surface area contributed by atoms with Gasteiger partial charge in [0.15, 0.2) is 0 Å². The summed E-state index contributed by atoms with van der Waals surface area (Å²) in [6, 6.07) is 9.64. The molecule has 0 saturated heterocycles. The molecular weight excluding hydrogens is 314 g/mol. The zero-order valence-electron chi connectivity index (χ0n) is 14.4. The average Bonchev–Trinajstić information content (AvgIpc) is 3.31.